The average Bonchev–Trinajstić information content (AvgIpc) is 3.22. The zero-order valence-corrected chi connectivity index (χ0v) is 38.6. The first kappa shape index (κ1) is 56.7. The van der Waals surface area contributed by atoms with Crippen molar-refractivity contribution >= 4 is 19.8 Å². The first-order valence-corrected chi connectivity index (χ1v) is 25.3. The minimum Gasteiger partial charge on any atom is -0.462 e. The largest absolute Gasteiger partial charge is 0.472 e. The number of phosphoric acid groups is 1. The molecule has 10 heteroatoms. The Bertz CT molecular complexity index is 1150. The number of allylic oxidation sites excluding steroid dienone is 10. The molecule has 0 aromatic carbocycles. The molecule has 0 aliphatic rings. The van der Waals surface area contributed by atoms with Crippen molar-refractivity contribution in [3.63, 3.8) is 0 Å². The molecule has 0 aromatic rings. The minimum absolute atomic E-state index is 0.0461. The van der Waals surface area contributed by atoms with E-state index in [-0.39, 0.29) is 38.6 Å². The number of phosphoric ester groups is 1. The Kier molecular flexibility index (Phi) is 43.5. The van der Waals surface area contributed by atoms with E-state index in [2.05, 4.69) is 74.6 Å². The highest BCUT2D eigenvalue weighted by Crippen LogP contribution is 2.43. The number of carbonyl (C=O) groups excluding carboxylic acids is 2. The van der Waals surface area contributed by atoms with Crippen molar-refractivity contribution in [1.82, 2.24) is 0 Å². The lowest BCUT2D eigenvalue weighted by Gasteiger charge is -2.19. The second-order valence-corrected chi connectivity index (χ2v) is 17.1. The van der Waals surface area contributed by atoms with Gasteiger partial charge in [-0.3, -0.25) is 18.6 Å². The Labute approximate surface area is 361 Å². The van der Waals surface area contributed by atoms with Gasteiger partial charge in [0.05, 0.1) is 13.2 Å². The molecule has 0 rings (SSSR count). The summed E-state index contributed by atoms with van der Waals surface area (Å²) >= 11 is 0. The summed E-state index contributed by atoms with van der Waals surface area (Å²) in [5.41, 5.74) is 5.36. The number of rotatable bonds is 44. The number of unbranched alkanes of at least 4 members (excludes halogenated alkanes) is 21. The normalized spacial score (nSPS) is 13.8. The molecule has 0 amide bonds. The SMILES string of the molecule is CCC=CCC=CCC=CCC=CCC=CCCCCCC(=O)O[C@H](COC(=O)CCCCCCCCCCCCCCCCCCCCC)COP(=O)(O)OCCN. The number of nitrogens with two attached hydrogens (primary N) is 1. The molecule has 59 heavy (non-hydrogen) atoms. The van der Waals surface area contributed by atoms with E-state index in [1.165, 1.54) is 103 Å². The van der Waals surface area contributed by atoms with Gasteiger partial charge in [0, 0.05) is 19.4 Å². The van der Waals surface area contributed by atoms with Gasteiger partial charge in [-0.15, -0.1) is 0 Å². The van der Waals surface area contributed by atoms with E-state index < -0.39 is 26.5 Å². The highest BCUT2D eigenvalue weighted by Gasteiger charge is 2.26. The zero-order chi connectivity index (χ0) is 43.2. The molecule has 0 saturated heterocycles. The van der Waals surface area contributed by atoms with E-state index in [4.69, 9.17) is 24.3 Å². The van der Waals surface area contributed by atoms with Crippen molar-refractivity contribution < 1.29 is 37.6 Å². The van der Waals surface area contributed by atoms with Gasteiger partial charge in [0.25, 0.3) is 0 Å². The maximum Gasteiger partial charge on any atom is 0.472 e. The third-order valence-electron chi connectivity index (χ3n) is 9.92. The molecular formula is C49H88NO8P. The van der Waals surface area contributed by atoms with Crippen LogP contribution >= 0.6 is 7.82 Å². The number of ether oxygens (including phenoxy) is 2. The molecule has 0 radical (unpaired) electrons. The zero-order valence-electron chi connectivity index (χ0n) is 37.7. The molecule has 0 aliphatic carbocycles. The van der Waals surface area contributed by atoms with Crippen LogP contribution in [0.25, 0.3) is 0 Å². The Morgan fingerprint density at radius 2 is 0.932 bits per heavy atom. The van der Waals surface area contributed by atoms with Gasteiger partial charge in [0.1, 0.15) is 6.61 Å². The summed E-state index contributed by atoms with van der Waals surface area (Å²) in [6.45, 7) is 3.60. The highest BCUT2D eigenvalue weighted by atomic mass is 31.2. The van der Waals surface area contributed by atoms with Crippen molar-refractivity contribution in [1.29, 1.82) is 0 Å². The molecule has 0 aliphatic heterocycles. The molecule has 0 aromatic heterocycles. The Balaban J connectivity index is 4.15. The fourth-order valence-corrected chi connectivity index (χ4v) is 7.19. The van der Waals surface area contributed by atoms with Crippen LogP contribution in [0.15, 0.2) is 60.8 Å². The smallest absolute Gasteiger partial charge is 0.462 e. The molecule has 2 atom stereocenters. The van der Waals surface area contributed by atoms with Crippen molar-refractivity contribution in [3.8, 4) is 0 Å². The van der Waals surface area contributed by atoms with Gasteiger partial charge in [0.15, 0.2) is 6.10 Å². The Morgan fingerprint density at radius 1 is 0.525 bits per heavy atom. The number of hydrogen-bond acceptors (Lipinski definition) is 8. The molecule has 0 fully saturated rings. The molecule has 0 heterocycles. The van der Waals surface area contributed by atoms with Crippen LogP contribution in [-0.4, -0.2) is 49.3 Å². The standard InChI is InChI=1S/C49H88NO8P/c1-3-5-7-9-11-13-15-17-19-21-23-25-27-29-31-33-35-37-39-41-48(51)55-45-47(46-57-59(53,54)56-44-43-50)58-49(52)42-40-38-36-34-32-30-28-26-24-22-20-18-16-14-12-10-8-6-4-2/h6,8,12,14,18,20,24,26,30,32,47H,3-5,7,9-11,13,15-17,19,21-23,25,27-29,31,33-46,50H2,1-2H3,(H,53,54)/t47-/m1/s1. The first-order valence-electron chi connectivity index (χ1n) is 23.8. The predicted octanol–water partition coefficient (Wildman–Crippen LogP) is 14.1. The molecule has 3 N–H and O–H groups in total. The quantitative estimate of drug-likeness (QED) is 0.0266. The van der Waals surface area contributed by atoms with Crippen LogP contribution in [0.4, 0.5) is 0 Å². The van der Waals surface area contributed by atoms with Crippen molar-refractivity contribution in [2.24, 2.45) is 5.73 Å². The van der Waals surface area contributed by atoms with Gasteiger partial charge in [-0.05, 0) is 57.8 Å². The van der Waals surface area contributed by atoms with E-state index in [0.717, 1.165) is 70.6 Å². The summed E-state index contributed by atoms with van der Waals surface area (Å²) in [7, 11) is -4.39. The number of esters is 2. The van der Waals surface area contributed by atoms with Crippen LogP contribution in [0.5, 0.6) is 0 Å². The first-order chi connectivity index (χ1) is 28.8. The molecule has 1 unspecified atom stereocenters. The van der Waals surface area contributed by atoms with Crippen LogP contribution in [0.2, 0.25) is 0 Å². The second-order valence-electron chi connectivity index (χ2n) is 15.6. The van der Waals surface area contributed by atoms with Gasteiger partial charge in [-0.2, -0.15) is 0 Å². The van der Waals surface area contributed by atoms with E-state index in [9.17, 15) is 19.0 Å². The lowest BCUT2D eigenvalue weighted by Crippen LogP contribution is -2.29. The molecular weight excluding hydrogens is 762 g/mol. The lowest BCUT2D eigenvalue weighted by atomic mass is 10.0. The third-order valence-corrected chi connectivity index (χ3v) is 10.9. The van der Waals surface area contributed by atoms with Crippen molar-refractivity contribution in [3.05, 3.63) is 60.8 Å². The van der Waals surface area contributed by atoms with Crippen LogP contribution in [0.1, 0.15) is 206 Å². The lowest BCUT2D eigenvalue weighted by molar-refractivity contribution is -0.161. The van der Waals surface area contributed by atoms with Gasteiger partial charge >= 0.3 is 19.8 Å². The van der Waals surface area contributed by atoms with E-state index in [1.807, 2.05) is 0 Å². The van der Waals surface area contributed by atoms with Crippen LogP contribution in [-0.2, 0) is 32.7 Å². The highest BCUT2D eigenvalue weighted by molar-refractivity contribution is 7.47. The van der Waals surface area contributed by atoms with Gasteiger partial charge < -0.3 is 20.1 Å². The average molecular weight is 850 g/mol. The van der Waals surface area contributed by atoms with Crippen LogP contribution in [0.3, 0.4) is 0 Å². The van der Waals surface area contributed by atoms with Crippen LogP contribution < -0.4 is 5.73 Å². The van der Waals surface area contributed by atoms with Crippen molar-refractivity contribution in [2.45, 2.75) is 213 Å². The third kappa shape index (κ3) is 45.1. The van der Waals surface area contributed by atoms with E-state index in [1.54, 1.807) is 0 Å². The fraction of sp³-hybridized carbons (Fsp3) is 0.755. The topological polar surface area (TPSA) is 134 Å². The maximum absolute atomic E-state index is 12.6. The monoisotopic (exact) mass is 850 g/mol. The fourth-order valence-electron chi connectivity index (χ4n) is 6.43. The summed E-state index contributed by atoms with van der Waals surface area (Å²) in [6.07, 6.45) is 54.0. The molecule has 0 spiro atoms. The maximum atomic E-state index is 12.6. The van der Waals surface area contributed by atoms with Gasteiger partial charge in [-0.25, -0.2) is 4.57 Å². The van der Waals surface area contributed by atoms with Crippen molar-refractivity contribution in [2.75, 3.05) is 26.4 Å². The second kappa shape index (κ2) is 45.2. The summed E-state index contributed by atoms with van der Waals surface area (Å²) in [5, 5.41) is 0. The summed E-state index contributed by atoms with van der Waals surface area (Å²) in [6, 6.07) is 0. The summed E-state index contributed by atoms with van der Waals surface area (Å²) in [5.74, 6) is -0.862. The van der Waals surface area contributed by atoms with E-state index in [0.29, 0.717) is 6.42 Å². The Morgan fingerprint density at radius 3 is 1.39 bits per heavy atom. The number of hydrogen-bond donors (Lipinski definition) is 2. The molecule has 0 saturated carbocycles. The molecule has 9 nitrogen and oxygen atoms in total. The van der Waals surface area contributed by atoms with Gasteiger partial charge in [-0.1, -0.05) is 197 Å². The molecule has 0 bridgehead atoms. The minimum atomic E-state index is -4.39. The number of carbonyl (C=O) groups is 2. The van der Waals surface area contributed by atoms with Crippen LogP contribution in [0, 0.1) is 0 Å². The molecule has 342 valence electrons. The van der Waals surface area contributed by atoms with E-state index >= 15 is 0 Å². The Hall–Kier alpha value is -2.29. The van der Waals surface area contributed by atoms with Gasteiger partial charge in [0.2, 0.25) is 0 Å². The summed E-state index contributed by atoms with van der Waals surface area (Å²) < 4.78 is 32.8. The summed E-state index contributed by atoms with van der Waals surface area (Å²) in [4.78, 5) is 35.0. The predicted molar refractivity (Wildman–Crippen MR) is 247 cm³/mol.